The van der Waals surface area contributed by atoms with E-state index >= 15 is 0 Å². The fraction of sp³-hybridized carbons (Fsp3) is 0.316. The van der Waals surface area contributed by atoms with Gasteiger partial charge in [-0.2, -0.15) is 0 Å². The predicted molar refractivity (Wildman–Crippen MR) is 99.5 cm³/mol. The highest BCUT2D eigenvalue weighted by Crippen LogP contribution is 2.35. The highest BCUT2D eigenvalue weighted by atomic mass is 32.2. The van der Waals surface area contributed by atoms with E-state index in [0.717, 1.165) is 12.8 Å². The molecular formula is C19H20N2O5S. The molecule has 0 radical (unpaired) electrons. The lowest BCUT2D eigenvalue weighted by Crippen LogP contribution is -2.34. The van der Waals surface area contributed by atoms with Crippen molar-refractivity contribution in [2.24, 2.45) is 5.92 Å². The van der Waals surface area contributed by atoms with Crippen LogP contribution in [0.4, 0.5) is 5.69 Å². The molecule has 0 spiro atoms. The van der Waals surface area contributed by atoms with E-state index in [9.17, 15) is 13.2 Å². The zero-order chi connectivity index (χ0) is 19.0. The molecule has 2 aromatic rings. The maximum absolute atomic E-state index is 12.7. The van der Waals surface area contributed by atoms with E-state index in [1.807, 2.05) is 6.92 Å². The van der Waals surface area contributed by atoms with Crippen LogP contribution in [0, 0.1) is 5.92 Å². The Hall–Kier alpha value is -2.74. The zero-order valence-corrected chi connectivity index (χ0v) is 15.6. The second-order valence-corrected chi connectivity index (χ2v) is 8.48. The van der Waals surface area contributed by atoms with Crippen molar-refractivity contribution in [1.82, 2.24) is 5.32 Å². The van der Waals surface area contributed by atoms with Gasteiger partial charge in [-0.1, -0.05) is 6.07 Å². The fourth-order valence-corrected chi connectivity index (χ4v) is 4.08. The number of anilines is 1. The molecule has 0 aromatic heterocycles. The Morgan fingerprint density at radius 2 is 1.89 bits per heavy atom. The van der Waals surface area contributed by atoms with E-state index in [1.165, 1.54) is 12.1 Å². The molecule has 1 atom stereocenters. The maximum atomic E-state index is 12.7. The molecule has 1 amide bonds. The first-order valence-electron chi connectivity index (χ1n) is 8.76. The number of hydrogen-bond donors (Lipinski definition) is 2. The Morgan fingerprint density at radius 1 is 1.11 bits per heavy atom. The number of ether oxygens (including phenoxy) is 2. The van der Waals surface area contributed by atoms with Crippen molar-refractivity contribution in [3.8, 4) is 11.5 Å². The van der Waals surface area contributed by atoms with Crippen LogP contribution >= 0.6 is 0 Å². The van der Waals surface area contributed by atoms with E-state index in [1.54, 1.807) is 30.3 Å². The molecule has 27 heavy (non-hydrogen) atoms. The Kier molecular flexibility index (Phi) is 4.43. The summed E-state index contributed by atoms with van der Waals surface area (Å²) in [6.07, 6.45) is 2.24. The van der Waals surface area contributed by atoms with E-state index < -0.39 is 10.0 Å². The molecule has 1 aliphatic heterocycles. The number of nitrogens with one attached hydrogen (secondary N) is 2. The molecular weight excluding hydrogens is 368 g/mol. The van der Waals surface area contributed by atoms with E-state index in [-0.39, 0.29) is 23.6 Å². The maximum Gasteiger partial charge on any atom is 0.261 e. The van der Waals surface area contributed by atoms with Crippen LogP contribution in [-0.2, 0) is 10.0 Å². The average molecular weight is 388 g/mol. The van der Waals surface area contributed by atoms with Crippen molar-refractivity contribution < 1.29 is 22.7 Å². The highest BCUT2D eigenvalue weighted by molar-refractivity contribution is 7.92. The number of sulfonamides is 1. The van der Waals surface area contributed by atoms with Gasteiger partial charge in [-0.25, -0.2) is 8.42 Å². The van der Waals surface area contributed by atoms with Gasteiger partial charge in [-0.05, 0) is 56.0 Å². The Balaban J connectivity index is 1.52. The van der Waals surface area contributed by atoms with Gasteiger partial charge in [0, 0.05) is 17.7 Å². The lowest BCUT2D eigenvalue weighted by Gasteiger charge is -2.14. The van der Waals surface area contributed by atoms with Crippen molar-refractivity contribution in [3.63, 3.8) is 0 Å². The van der Waals surface area contributed by atoms with Gasteiger partial charge in [-0.3, -0.25) is 9.52 Å². The van der Waals surface area contributed by atoms with Gasteiger partial charge in [0.2, 0.25) is 6.79 Å². The molecule has 0 saturated heterocycles. The molecule has 7 nitrogen and oxygen atoms in total. The Bertz CT molecular complexity index is 985. The summed E-state index contributed by atoms with van der Waals surface area (Å²) in [5, 5.41) is 2.93. The van der Waals surface area contributed by atoms with Crippen LogP contribution in [0.15, 0.2) is 47.4 Å². The number of carbonyl (C=O) groups excluding carboxylic acids is 1. The zero-order valence-electron chi connectivity index (χ0n) is 14.8. The summed E-state index contributed by atoms with van der Waals surface area (Å²) in [6, 6.07) is 10.9. The standard InChI is InChI=1S/C19H20N2O5S/c1-12(13-5-6-13)20-19(22)14-3-2-4-16(9-14)27(23,24)21-15-7-8-17-18(10-15)26-11-25-17/h2-4,7-10,12-13,21H,5-6,11H2,1H3,(H,20,22)/t12-/m1/s1. The third kappa shape index (κ3) is 3.85. The van der Waals surface area contributed by atoms with Crippen LogP contribution in [0.5, 0.6) is 11.5 Å². The first-order chi connectivity index (χ1) is 12.9. The van der Waals surface area contributed by atoms with Crippen molar-refractivity contribution >= 4 is 21.6 Å². The normalized spacial score (nSPS) is 16.6. The second kappa shape index (κ2) is 6.77. The Labute approximate surface area is 157 Å². The van der Waals surface area contributed by atoms with Crippen LogP contribution in [0.25, 0.3) is 0 Å². The number of hydrogen-bond acceptors (Lipinski definition) is 5. The molecule has 0 unspecified atom stereocenters. The van der Waals surface area contributed by atoms with Crippen LogP contribution in [-0.4, -0.2) is 27.2 Å². The summed E-state index contributed by atoms with van der Waals surface area (Å²) >= 11 is 0. The highest BCUT2D eigenvalue weighted by Gasteiger charge is 2.29. The second-order valence-electron chi connectivity index (χ2n) is 6.80. The third-order valence-electron chi connectivity index (χ3n) is 4.72. The van der Waals surface area contributed by atoms with Gasteiger partial charge < -0.3 is 14.8 Å². The predicted octanol–water partition coefficient (Wildman–Crippen LogP) is 2.74. The largest absolute Gasteiger partial charge is 0.454 e. The third-order valence-corrected chi connectivity index (χ3v) is 6.10. The molecule has 1 aliphatic carbocycles. The first-order valence-corrected chi connectivity index (χ1v) is 10.2. The van der Waals surface area contributed by atoms with Gasteiger partial charge in [0.05, 0.1) is 10.6 Å². The lowest BCUT2D eigenvalue weighted by molar-refractivity contribution is 0.0935. The number of carbonyl (C=O) groups is 1. The molecule has 1 fully saturated rings. The van der Waals surface area contributed by atoms with Crippen LogP contribution in [0.3, 0.4) is 0 Å². The monoisotopic (exact) mass is 388 g/mol. The molecule has 2 aromatic carbocycles. The number of benzene rings is 2. The van der Waals surface area contributed by atoms with Crippen LogP contribution in [0.2, 0.25) is 0 Å². The molecule has 8 heteroatoms. The topological polar surface area (TPSA) is 93.7 Å². The van der Waals surface area contributed by atoms with Crippen molar-refractivity contribution in [2.75, 3.05) is 11.5 Å². The van der Waals surface area contributed by atoms with Gasteiger partial charge in [0.1, 0.15) is 0 Å². The minimum absolute atomic E-state index is 0.0203. The molecule has 0 bridgehead atoms. The van der Waals surface area contributed by atoms with Gasteiger partial charge >= 0.3 is 0 Å². The molecule has 142 valence electrons. The minimum atomic E-state index is -3.85. The molecule has 1 heterocycles. The fourth-order valence-electron chi connectivity index (χ4n) is 2.98. The van der Waals surface area contributed by atoms with Crippen LogP contribution < -0.4 is 19.5 Å². The summed E-state index contributed by atoms with van der Waals surface area (Å²) in [4.78, 5) is 12.4. The summed E-state index contributed by atoms with van der Waals surface area (Å²) in [7, 11) is -3.85. The summed E-state index contributed by atoms with van der Waals surface area (Å²) in [6.45, 7) is 2.08. The summed E-state index contributed by atoms with van der Waals surface area (Å²) < 4.78 is 38.4. The molecule has 2 aliphatic rings. The average Bonchev–Trinajstić information content (AvgIpc) is 3.40. The van der Waals surface area contributed by atoms with Crippen molar-refractivity contribution in [2.45, 2.75) is 30.7 Å². The minimum Gasteiger partial charge on any atom is -0.454 e. The quantitative estimate of drug-likeness (QED) is 0.794. The van der Waals surface area contributed by atoms with Gasteiger partial charge in [0.25, 0.3) is 15.9 Å². The van der Waals surface area contributed by atoms with Crippen molar-refractivity contribution in [3.05, 3.63) is 48.0 Å². The number of amides is 1. The van der Waals surface area contributed by atoms with Crippen LogP contribution in [0.1, 0.15) is 30.1 Å². The number of fused-ring (bicyclic) bond motifs is 1. The summed E-state index contributed by atoms with van der Waals surface area (Å²) in [5.74, 6) is 1.31. The van der Waals surface area contributed by atoms with E-state index in [0.29, 0.717) is 28.7 Å². The lowest BCUT2D eigenvalue weighted by atomic mass is 10.1. The SMILES string of the molecule is C[C@@H](NC(=O)c1cccc(S(=O)(=O)Nc2ccc3c(c2)OCO3)c1)C1CC1. The summed E-state index contributed by atoms with van der Waals surface area (Å²) in [5.41, 5.74) is 0.674. The van der Waals surface area contributed by atoms with E-state index in [4.69, 9.17) is 9.47 Å². The molecule has 2 N–H and O–H groups in total. The number of rotatable bonds is 6. The molecule has 1 saturated carbocycles. The first kappa shape index (κ1) is 17.7. The Morgan fingerprint density at radius 3 is 2.67 bits per heavy atom. The smallest absolute Gasteiger partial charge is 0.261 e. The molecule has 4 rings (SSSR count). The van der Waals surface area contributed by atoms with Gasteiger partial charge in [-0.15, -0.1) is 0 Å². The van der Waals surface area contributed by atoms with E-state index in [2.05, 4.69) is 10.0 Å². The van der Waals surface area contributed by atoms with Crippen molar-refractivity contribution in [1.29, 1.82) is 0 Å². The van der Waals surface area contributed by atoms with Gasteiger partial charge in [0.15, 0.2) is 11.5 Å².